The normalized spacial score (nSPS) is 20.2. The van der Waals surface area contributed by atoms with Crippen LogP contribution in [0.2, 0.25) is 0 Å². The molecule has 1 aliphatic rings. The van der Waals surface area contributed by atoms with Crippen molar-refractivity contribution in [2.75, 3.05) is 18.8 Å². The molecule has 1 aromatic heterocycles. The fourth-order valence-corrected chi connectivity index (χ4v) is 4.39. The summed E-state index contributed by atoms with van der Waals surface area (Å²) in [6.07, 6.45) is 4.13. The standard InChI is InChI=1S/C14H23N5O2S/c1-12(2)19-11-16-17-14(19)13-6-5-8-18(10-13)22(20,21)9-4-3-7-15/h11-13H,3-6,8-10H2,1-2H3. The molecule has 1 aliphatic heterocycles. The highest BCUT2D eigenvalue weighted by atomic mass is 32.2. The van der Waals surface area contributed by atoms with Crippen molar-refractivity contribution in [1.82, 2.24) is 19.1 Å². The van der Waals surface area contributed by atoms with E-state index in [1.807, 2.05) is 10.6 Å². The van der Waals surface area contributed by atoms with Gasteiger partial charge in [0.2, 0.25) is 10.0 Å². The Bertz CT molecular complexity index is 632. The molecular weight excluding hydrogens is 302 g/mol. The number of nitrogens with zero attached hydrogens (tertiary/aromatic N) is 5. The van der Waals surface area contributed by atoms with Gasteiger partial charge in [-0.25, -0.2) is 12.7 Å². The second kappa shape index (κ2) is 7.20. The van der Waals surface area contributed by atoms with Gasteiger partial charge in [-0.05, 0) is 33.1 Å². The number of nitriles is 1. The Kier molecular flexibility index (Phi) is 5.53. The van der Waals surface area contributed by atoms with Gasteiger partial charge in [0.1, 0.15) is 12.2 Å². The molecule has 1 saturated heterocycles. The van der Waals surface area contributed by atoms with Crippen LogP contribution in [-0.4, -0.2) is 46.3 Å². The summed E-state index contributed by atoms with van der Waals surface area (Å²) in [5.74, 6) is 1.00. The predicted molar refractivity (Wildman–Crippen MR) is 82.6 cm³/mol. The molecule has 7 nitrogen and oxygen atoms in total. The maximum Gasteiger partial charge on any atom is 0.214 e. The molecule has 122 valence electrons. The minimum absolute atomic E-state index is 0.0458. The quantitative estimate of drug-likeness (QED) is 0.742. The molecule has 0 radical (unpaired) electrons. The molecule has 0 spiro atoms. The van der Waals surface area contributed by atoms with Crippen LogP contribution in [0.4, 0.5) is 0 Å². The lowest BCUT2D eigenvalue weighted by Gasteiger charge is -2.31. The van der Waals surface area contributed by atoms with E-state index in [0.717, 1.165) is 18.7 Å². The summed E-state index contributed by atoms with van der Waals surface area (Å²) in [4.78, 5) is 0. The van der Waals surface area contributed by atoms with Gasteiger partial charge in [0.05, 0.1) is 11.8 Å². The van der Waals surface area contributed by atoms with Gasteiger partial charge >= 0.3 is 0 Å². The molecule has 0 N–H and O–H groups in total. The predicted octanol–water partition coefficient (Wildman–Crippen LogP) is 1.67. The van der Waals surface area contributed by atoms with Crippen molar-refractivity contribution in [3.63, 3.8) is 0 Å². The second-order valence-electron chi connectivity index (χ2n) is 5.97. The smallest absolute Gasteiger partial charge is 0.214 e. The van der Waals surface area contributed by atoms with Gasteiger partial charge in [0, 0.05) is 31.5 Å². The number of sulfonamides is 1. The van der Waals surface area contributed by atoms with E-state index in [-0.39, 0.29) is 24.1 Å². The Morgan fingerprint density at radius 3 is 2.95 bits per heavy atom. The number of rotatable bonds is 6. The first-order chi connectivity index (χ1) is 10.5. The van der Waals surface area contributed by atoms with E-state index in [1.165, 1.54) is 0 Å². The van der Waals surface area contributed by atoms with Gasteiger partial charge in [-0.2, -0.15) is 5.26 Å². The Labute approximate surface area is 132 Å². The molecule has 0 saturated carbocycles. The van der Waals surface area contributed by atoms with Crippen LogP contribution >= 0.6 is 0 Å². The Hall–Kier alpha value is -1.46. The summed E-state index contributed by atoms with van der Waals surface area (Å²) in [5, 5.41) is 16.7. The average molecular weight is 325 g/mol. The summed E-state index contributed by atoms with van der Waals surface area (Å²) < 4.78 is 28.3. The third kappa shape index (κ3) is 3.84. The molecule has 1 fully saturated rings. The summed E-state index contributed by atoms with van der Waals surface area (Å²) in [5.41, 5.74) is 0. The average Bonchev–Trinajstić information content (AvgIpc) is 2.97. The summed E-state index contributed by atoms with van der Waals surface area (Å²) in [7, 11) is -3.29. The molecule has 2 heterocycles. The van der Waals surface area contributed by atoms with Crippen LogP contribution in [0.5, 0.6) is 0 Å². The summed E-state index contributed by atoms with van der Waals surface area (Å²) >= 11 is 0. The molecule has 0 bridgehead atoms. The first kappa shape index (κ1) is 16.9. The van der Waals surface area contributed by atoms with E-state index >= 15 is 0 Å². The number of aromatic nitrogens is 3. The van der Waals surface area contributed by atoms with Crippen LogP contribution in [-0.2, 0) is 10.0 Å². The molecular formula is C14H23N5O2S. The minimum Gasteiger partial charge on any atom is -0.315 e. The van der Waals surface area contributed by atoms with E-state index in [9.17, 15) is 8.42 Å². The Morgan fingerprint density at radius 1 is 1.50 bits per heavy atom. The van der Waals surface area contributed by atoms with Gasteiger partial charge in [-0.15, -0.1) is 10.2 Å². The molecule has 0 aliphatic carbocycles. The lowest BCUT2D eigenvalue weighted by Crippen LogP contribution is -2.41. The minimum atomic E-state index is -3.29. The largest absolute Gasteiger partial charge is 0.315 e. The maximum absolute atomic E-state index is 12.4. The van der Waals surface area contributed by atoms with Crippen molar-refractivity contribution in [1.29, 1.82) is 5.26 Å². The Morgan fingerprint density at radius 2 is 2.27 bits per heavy atom. The van der Waals surface area contributed by atoms with Gasteiger partial charge in [0.15, 0.2) is 0 Å². The van der Waals surface area contributed by atoms with E-state index in [2.05, 4.69) is 24.0 Å². The molecule has 0 amide bonds. The first-order valence-electron chi connectivity index (χ1n) is 7.70. The van der Waals surface area contributed by atoms with Crippen LogP contribution in [0.3, 0.4) is 0 Å². The van der Waals surface area contributed by atoms with Gasteiger partial charge < -0.3 is 4.57 Å². The topological polar surface area (TPSA) is 91.9 Å². The first-order valence-corrected chi connectivity index (χ1v) is 9.31. The number of hydrogen-bond acceptors (Lipinski definition) is 5. The van der Waals surface area contributed by atoms with Gasteiger partial charge in [-0.3, -0.25) is 0 Å². The van der Waals surface area contributed by atoms with E-state index in [0.29, 0.717) is 19.5 Å². The van der Waals surface area contributed by atoms with Crippen molar-refractivity contribution in [2.24, 2.45) is 0 Å². The number of hydrogen-bond donors (Lipinski definition) is 0. The number of unbranched alkanes of at least 4 members (excludes halogenated alkanes) is 1. The number of piperidine rings is 1. The van der Waals surface area contributed by atoms with Crippen molar-refractivity contribution < 1.29 is 8.42 Å². The third-order valence-corrected chi connectivity index (χ3v) is 5.91. The van der Waals surface area contributed by atoms with Crippen LogP contribution in [0.15, 0.2) is 6.33 Å². The molecule has 1 unspecified atom stereocenters. The molecule has 2 rings (SSSR count). The van der Waals surface area contributed by atoms with Gasteiger partial charge in [0.25, 0.3) is 0 Å². The zero-order valence-corrected chi connectivity index (χ0v) is 14.0. The Balaban J connectivity index is 2.09. The SMILES string of the molecule is CC(C)n1cnnc1C1CCCN(S(=O)(=O)CCCC#N)C1. The lowest BCUT2D eigenvalue weighted by atomic mass is 9.98. The zero-order chi connectivity index (χ0) is 16.2. The molecule has 0 aromatic carbocycles. The van der Waals surface area contributed by atoms with Crippen LogP contribution in [0, 0.1) is 11.3 Å². The van der Waals surface area contributed by atoms with Crippen molar-refractivity contribution in [2.45, 2.75) is 51.5 Å². The van der Waals surface area contributed by atoms with E-state index in [4.69, 9.17) is 5.26 Å². The lowest BCUT2D eigenvalue weighted by molar-refractivity contribution is 0.302. The summed E-state index contributed by atoms with van der Waals surface area (Å²) in [6, 6.07) is 2.25. The van der Waals surface area contributed by atoms with E-state index in [1.54, 1.807) is 10.6 Å². The fraction of sp³-hybridized carbons (Fsp3) is 0.786. The van der Waals surface area contributed by atoms with Crippen LogP contribution in [0.1, 0.15) is 57.3 Å². The van der Waals surface area contributed by atoms with Gasteiger partial charge in [-0.1, -0.05) is 0 Å². The van der Waals surface area contributed by atoms with E-state index < -0.39 is 10.0 Å². The maximum atomic E-state index is 12.4. The second-order valence-corrected chi connectivity index (χ2v) is 8.05. The van der Waals surface area contributed by atoms with Crippen molar-refractivity contribution in [3.05, 3.63) is 12.2 Å². The monoisotopic (exact) mass is 325 g/mol. The van der Waals surface area contributed by atoms with Crippen LogP contribution < -0.4 is 0 Å². The van der Waals surface area contributed by atoms with Crippen LogP contribution in [0.25, 0.3) is 0 Å². The molecule has 8 heteroatoms. The molecule has 22 heavy (non-hydrogen) atoms. The molecule has 1 atom stereocenters. The highest BCUT2D eigenvalue weighted by molar-refractivity contribution is 7.89. The third-order valence-electron chi connectivity index (χ3n) is 3.99. The fourth-order valence-electron chi connectivity index (χ4n) is 2.81. The van der Waals surface area contributed by atoms with Crippen molar-refractivity contribution >= 4 is 10.0 Å². The van der Waals surface area contributed by atoms with Crippen molar-refractivity contribution in [3.8, 4) is 6.07 Å². The summed E-state index contributed by atoms with van der Waals surface area (Å²) in [6.45, 7) is 5.14. The molecule has 1 aromatic rings. The highest BCUT2D eigenvalue weighted by Crippen LogP contribution is 2.28. The highest BCUT2D eigenvalue weighted by Gasteiger charge is 2.31. The zero-order valence-electron chi connectivity index (χ0n) is 13.1.